The maximum atomic E-state index is 12.9. The van der Waals surface area contributed by atoms with Crippen molar-refractivity contribution in [3.63, 3.8) is 0 Å². The van der Waals surface area contributed by atoms with Crippen LogP contribution in [0.25, 0.3) is 0 Å². The van der Waals surface area contributed by atoms with E-state index < -0.39 is 16.1 Å². The van der Waals surface area contributed by atoms with Gasteiger partial charge in [0.1, 0.15) is 19.3 Å². The Bertz CT molecular complexity index is 926. The molecule has 1 amide bonds. The molecule has 2 heterocycles. The van der Waals surface area contributed by atoms with Gasteiger partial charge in [0.25, 0.3) is 0 Å². The highest BCUT2D eigenvalue weighted by Crippen LogP contribution is 2.32. The fourth-order valence-electron chi connectivity index (χ4n) is 2.83. The summed E-state index contributed by atoms with van der Waals surface area (Å²) in [4.78, 5) is 13.8. The molecule has 0 spiro atoms. The predicted octanol–water partition coefficient (Wildman–Crippen LogP) is 2.70. The van der Waals surface area contributed by atoms with Gasteiger partial charge >= 0.3 is 0 Å². The summed E-state index contributed by atoms with van der Waals surface area (Å²) < 4.78 is 39.1. The van der Waals surface area contributed by atoms with Crippen LogP contribution < -0.4 is 19.5 Å². The molecule has 1 aromatic carbocycles. The molecule has 3 rings (SSSR count). The van der Waals surface area contributed by atoms with Crippen LogP contribution >= 0.6 is 11.3 Å². The monoisotopic (exact) mass is 424 g/mol. The van der Waals surface area contributed by atoms with Crippen molar-refractivity contribution in [2.24, 2.45) is 5.92 Å². The number of rotatable bonds is 7. The van der Waals surface area contributed by atoms with Crippen molar-refractivity contribution in [2.45, 2.75) is 37.8 Å². The molecule has 9 heteroatoms. The highest BCUT2D eigenvalue weighted by Gasteiger charge is 2.30. The van der Waals surface area contributed by atoms with Crippen molar-refractivity contribution >= 4 is 27.3 Å². The number of fused-ring (bicyclic) bond motifs is 1. The average Bonchev–Trinajstić information content (AvgIpc) is 3.20. The van der Waals surface area contributed by atoms with Crippen molar-refractivity contribution in [1.82, 2.24) is 10.0 Å². The Morgan fingerprint density at radius 2 is 1.82 bits per heavy atom. The summed E-state index contributed by atoms with van der Waals surface area (Å²) in [7, 11) is -3.92. The maximum Gasteiger partial charge on any atom is 0.241 e. The fourth-order valence-corrected chi connectivity index (χ4v) is 4.92. The van der Waals surface area contributed by atoms with E-state index in [1.54, 1.807) is 19.9 Å². The quantitative estimate of drug-likeness (QED) is 0.713. The van der Waals surface area contributed by atoms with Crippen LogP contribution in [0.4, 0.5) is 0 Å². The average molecular weight is 425 g/mol. The first-order valence-corrected chi connectivity index (χ1v) is 11.4. The summed E-state index contributed by atoms with van der Waals surface area (Å²) in [5.74, 6) is 0.290. The second-order valence-corrected chi connectivity index (χ2v) is 9.59. The first-order valence-electron chi connectivity index (χ1n) is 9.03. The van der Waals surface area contributed by atoms with Gasteiger partial charge in [-0.2, -0.15) is 4.72 Å². The van der Waals surface area contributed by atoms with E-state index in [0.717, 1.165) is 4.88 Å². The lowest BCUT2D eigenvalue weighted by atomic mass is 10.0. The Morgan fingerprint density at radius 1 is 1.11 bits per heavy atom. The molecule has 0 unspecified atom stereocenters. The van der Waals surface area contributed by atoms with Crippen molar-refractivity contribution in [2.75, 3.05) is 13.2 Å². The molecule has 2 N–H and O–H groups in total. The summed E-state index contributed by atoms with van der Waals surface area (Å²) in [5, 5.41) is 4.82. The van der Waals surface area contributed by atoms with Crippen LogP contribution in [0.5, 0.6) is 11.5 Å². The summed E-state index contributed by atoms with van der Waals surface area (Å²) >= 11 is 1.54. The lowest BCUT2D eigenvalue weighted by molar-refractivity contribution is -0.124. The molecule has 0 bridgehead atoms. The van der Waals surface area contributed by atoms with Gasteiger partial charge in [-0.1, -0.05) is 19.9 Å². The zero-order chi connectivity index (χ0) is 20.3. The first-order chi connectivity index (χ1) is 13.3. The molecular weight excluding hydrogens is 400 g/mol. The van der Waals surface area contributed by atoms with Gasteiger partial charge in [0, 0.05) is 10.9 Å². The molecule has 152 valence electrons. The third-order valence-corrected chi connectivity index (χ3v) is 6.88. The molecule has 28 heavy (non-hydrogen) atoms. The summed E-state index contributed by atoms with van der Waals surface area (Å²) in [6, 6.07) is 7.16. The van der Waals surface area contributed by atoms with Crippen molar-refractivity contribution in [3.8, 4) is 11.5 Å². The number of ether oxygens (including phenoxy) is 2. The lowest BCUT2D eigenvalue weighted by Gasteiger charge is -2.24. The lowest BCUT2D eigenvalue weighted by Crippen LogP contribution is -2.50. The Kier molecular flexibility index (Phi) is 6.26. The number of amides is 1. The summed E-state index contributed by atoms with van der Waals surface area (Å²) in [6.07, 6.45) is 0. The first kappa shape index (κ1) is 20.6. The normalized spacial score (nSPS) is 15.9. The number of benzene rings is 1. The number of nitrogens with one attached hydrogen (secondary N) is 2. The summed E-state index contributed by atoms with van der Waals surface area (Å²) in [5.41, 5.74) is 0. The number of hydrogen-bond donors (Lipinski definition) is 2. The molecule has 1 aliphatic heterocycles. The minimum atomic E-state index is -3.92. The molecule has 0 radical (unpaired) electrons. The zero-order valence-electron chi connectivity index (χ0n) is 16.0. The smallest absolute Gasteiger partial charge is 0.241 e. The van der Waals surface area contributed by atoms with Crippen molar-refractivity contribution in [3.05, 3.63) is 40.6 Å². The number of sulfonamides is 1. The Balaban J connectivity index is 1.76. The van der Waals surface area contributed by atoms with Gasteiger partial charge < -0.3 is 14.8 Å². The third kappa shape index (κ3) is 4.65. The van der Waals surface area contributed by atoms with Crippen molar-refractivity contribution in [1.29, 1.82) is 0 Å². The number of carbonyl (C=O) groups is 1. The third-order valence-electron chi connectivity index (χ3n) is 4.38. The van der Waals surface area contributed by atoms with Gasteiger partial charge in [-0.3, -0.25) is 4.79 Å². The second kappa shape index (κ2) is 8.50. The van der Waals surface area contributed by atoms with Crippen LogP contribution in [0.2, 0.25) is 0 Å². The van der Waals surface area contributed by atoms with Crippen LogP contribution in [-0.2, 0) is 14.8 Å². The van der Waals surface area contributed by atoms with Gasteiger partial charge in [-0.15, -0.1) is 11.3 Å². The summed E-state index contributed by atoms with van der Waals surface area (Å²) in [6.45, 7) is 6.26. The van der Waals surface area contributed by atoms with E-state index in [-0.39, 0.29) is 22.8 Å². The Labute approximate surface area is 169 Å². The molecule has 7 nitrogen and oxygen atoms in total. The van der Waals surface area contributed by atoms with Crippen LogP contribution in [0.3, 0.4) is 0 Å². The molecule has 0 fully saturated rings. The molecule has 0 saturated heterocycles. The number of thiophene rings is 1. The SMILES string of the molecule is CC(C)[C@@H](NS(=O)(=O)c1ccc2c(c1)OCCO2)C(=O)N[C@H](C)c1cccs1. The van der Waals surface area contributed by atoms with E-state index in [9.17, 15) is 13.2 Å². The zero-order valence-corrected chi connectivity index (χ0v) is 17.6. The maximum absolute atomic E-state index is 12.9. The molecule has 1 aromatic heterocycles. The van der Waals surface area contributed by atoms with E-state index in [1.807, 2.05) is 24.4 Å². The predicted molar refractivity (Wildman–Crippen MR) is 107 cm³/mol. The van der Waals surface area contributed by atoms with Crippen LogP contribution in [0.1, 0.15) is 31.7 Å². The topological polar surface area (TPSA) is 93.7 Å². The highest BCUT2D eigenvalue weighted by atomic mass is 32.2. The van der Waals surface area contributed by atoms with E-state index >= 15 is 0 Å². The minimum Gasteiger partial charge on any atom is -0.486 e. The van der Waals surface area contributed by atoms with Crippen LogP contribution in [0, 0.1) is 5.92 Å². The van der Waals surface area contributed by atoms with Crippen LogP contribution in [-0.4, -0.2) is 33.6 Å². The van der Waals surface area contributed by atoms with Crippen LogP contribution in [0.15, 0.2) is 40.6 Å². The van der Waals surface area contributed by atoms with Gasteiger partial charge in [0.15, 0.2) is 11.5 Å². The van der Waals surface area contributed by atoms with E-state index in [4.69, 9.17) is 9.47 Å². The van der Waals surface area contributed by atoms with Gasteiger partial charge in [0.05, 0.1) is 10.9 Å². The van der Waals surface area contributed by atoms with E-state index in [2.05, 4.69) is 10.0 Å². The van der Waals surface area contributed by atoms with Crippen molar-refractivity contribution < 1.29 is 22.7 Å². The van der Waals surface area contributed by atoms with E-state index in [1.165, 1.54) is 23.5 Å². The minimum absolute atomic E-state index is 0.0292. The molecule has 0 saturated carbocycles. The number of carbonyl (C=O) groups excluding carboxylic acids is 1. The second-order valence-electron chi connectivity index (χ2n) is 6.89. The van der Waals surface area contributed by atoms with Gasteiger partial charge in [-0.05, 0) is 36.4 Å². The number of hydrogen-bond acceptors (Lipinski definition) is 6. The van der Waals surface area contributed by atoms with Gasteiger partial charge in [0.2, 0.25) is 15.9 Å². The van der Waals surface area contributed by atoms with E-state index in [0.29, 0.717) is 24.7 Å². The molecule has 2 aromatic rings. The Morgan fingerprint density at radius 3 is 2.46 bits per heavy atom. The molecule has 2 atom stereocenters. The molecule has 0 aliphatic carbocycles. The molecular formula is C19H24N2O5S2. The molecule has 1 aliphatic rings. The largest absolute Gasteiger partial charge is 0.486 e. The highest BCUT2D eigenvalue weighted by molar-refractivity contribution is 7.89. The standard InChI is InChI=1S/C19H24N2O5S2/c1-12(2)18(19(22)20-13(3)17-5-4-10-27-17)21-28(23,24)14-6-7-15-16(11-14)26-9-8-25-15/h4-7,10-13,18,21H,8-9H2,1-3H3,(H,20,22)/t13-,18-/m1/s1. The Hall–Kier alpha value is -2.10. The van der Waals surface area contributed by atoms with Gasteiger partial charge in [-0.25, -0.2) is 8.42 Å². The fraction of sp³-hybridized carbons (Fsp3) is 0.421.